The van der Waals surface area contributed by atoms with Crippen LogP contribution in [0.15, 0.2) is 30.3 Å². The first-order chi connectivity index (χ1) is 15.4. The van der Waals surface area contributed by atoms with Crippen molar-refractivity contribution in [1.29, 1.82) is 0 Å². The minimum atomic E-state index is 0.316. The van der Waals surface area contributed by atoms with Crippen molar-refractivity contribution in [2.75, 3.05) is 6.61 Å². The number of nitrogens with one attached hydrogen (secondary N) is 1. The molecule has 0 spiro atoms. The van der Waals surface area contributed by atoms with Gasteiger partial charge in [-0.05, 0) is 98.6 Å². The van der Waals surface area contributed by atoms with E-state index >= 15 is 0 Å². The van der Waals surface area contributed by atoms with E-state index in [0.29, 0.717) is 45.3 Å². The van der Waals surface area contributed by atoms with Crippen LogP contribution in [-0.4, -0.2) is 12.1 Å². The first kappa shape index (κ1) is 22.7. The lowest BCUT2D eigenvalue weighted by Crippen LogP contribution is -2.58. The highest BCUT2D eigenvalue weighted by Gasteiger charge is 2.50. The van der Waals surface area contributed by atoms with Gasteiger partial charge in [-0.25, -0.2) is 0 Å². The predicted octanol–water partition coefficient (Wildman–Crippen LogP) is 7.68. The lowest BCUT2D eigenvalue weighted by molar-refractivity contribution is -0.0206. The van der Waals surface area contributed by atoms with E-state index in [1.54, 1.807) is 6.07 Å². The Morgan fingerprint density at radius 2 is 1.50 bits per heavy atom. The average molecular weight is 495 g/mol. The zero-order valence-corrected chi connectivity index (χ0v) is 20.7. The van der Waals surface area contributed by atoms with Crippen molar-refractivity contribution in [3.05, 3.63) is 56.5 Å². The van der Waals surface area contributed by atoms with Gasteiger partial charge in [0, 0.05) is 12.1 Å². The maximum absolute atomic E-state index is 6.67. The maximum Gasteiger partial charge on any atom is 0.180 e. The number of benzene rings is 2. The molecule has 4 fully saturated rings. The van der Waals surface area contributed by atoms with E-state index < -0.39 is 0 Å². The topological polar surface area (TPSA) is 30.5 Å². The van der Waals surface area contributed by atoms with Crippen molar-refractivity contribution in [3.63, 3.8) is 0 Å². The molecule has 6 rings (SSSR count). The second-order valence-corrected chi connectivity index (χ2v) is 11.1. The van der Waals surface area contributed by atoms with Crippen LogP contribution in [0.3, 0.4) is 0 Å². The zero-order valence-electron chi connectivity index (χ0n) is 18.4. The van der Waals surface area contributed by atoms with Crippen molar-refractivity contribution in [2.24, 2.45) is 17.8 Å². The van der Waals surface area contributed by atoms with Gasteiger partial charge >= 0.3 is 0 Å². The zero-order chi connectivity index (χ0) is 22.3. The smallest absolute Gasteiger partial charge is 0.180 e. The van der Waals surface area contributed by atoms with Crippen LogP contribution >= 0.6 is 34.8 Å². The van der Waals surface area contributed by atoms with E-state index in [2.05, 4.69) is 11.4 Å². The van der Waals surface area contributed by atoms with Crippen molar-refractivity contribution in [2.45, 2.75) is 64.1 Å². The van der Waals surface area contributed by atoms with Gasteiger partial charge in [0.1, 0.15) is 6.61 Å². The first-order valence-electron chi connectivity index (χ1n) is 11.7. The Hall–Kier alpha value is -1.13. The third-order valence-corrected chi connectivity index (χ3v) is 8.46. The monoisotopic (exact) mass is 493 g/mol. The molecule has 6 heteroatoms. The number of hydrogen-bond acceptors (Lipinski definition) is 3. The van der Waals surface area contributed by atoms with Gasteiger partial charge in [-0.3, -0.25) is 0 Å². The summed E-state index contributed by atoms with van der Waals surface area (Å²) in [7, 11) is 0. The van der Waals surface area contributed by atoms with Crippen molar-refractivity contribution >= 4 is 34.8 Å². The molecule has 4 aliphatic carbocycles. The van der Waals surface area contributed by atoms with Gasteiger partial charge < -0.3 is 14.8 Å². The number of rotatable bonds is 8. The molecule has 4 saturated carbocycles. The lowest BCUT2D eigenvalue weighted by Gasteiger charge is -2.57. The molecule has 4 aliphatic rings. The quantitative estimate of drug-likeness (QED) is 0.408. The van der Waals surface area contributed by atoms with Crippen LogP contribution < -0.4 is 14.8 Å². The molecule has 3 nitrogen and oxygen atoms in total. The highest BCUT2D eigenvalue weighted by atomic mass is 35.5. The SMILES string of the molecule is CCOc1cc(CNC23CC4CC(CC(C4)C2)C3)cc(Cl)c1OCc1ccc(Cl)c(Cl)c1. The van der Waals surface area contributed by atoms with Crippen LogP contribution in [0, 0.1) is 17.8 Å². The minimum Gasteiger partial charge on any atom is -0.490 e. The van der Waals surface area contributed by atoms with E-state index in [4.69, 9.17) is 44.3 Å². The summed E-state index contributed by atoms with van der Waals surface area (Å²) >= 11 is 18.8. The standard InChI is InChI=1S/C26H30Cl3NO2/c1-2-31-24-10-20(14-30-26-11-17-5-18(12-26)7-19(6-17)13-26)9-23(29)25(24)32-15-16-3-4-21(27)22(28)8-16/h3-4,8-10,17-19,30H,2,5-7,11-15H2,1H3. The molecule has 0 atom stereocenters. The summed E-state index contributed by atoms with van der Waals surface area (Å²) in [6.45, 7) is 3.66. The fourth-order valence-electron chi connectivity index (χ4n) is 6.53. The Balaban J connectivity index is 1.29. The van der Waals surface area contributed by atoms with E-state index in [0.717, 1.165) is 35.4 Å². The van der Waals surface area contributed by atoms with E-state index in [1.165, 1.54) is 38.5 Å². The molecule has 0 radical (unpaired) electrons. The van der Waals surface area contributed by atoms with Crippen LogP contribution in [0.1, 0.15) is 56.6 Å². The molecule has 32 heavy (non-hydrogen) atoms. The van der Waals surface area contributed by atoms with Gasteiger partial charge in [0.2, 0.25) is 0 Å². The first-order valence-corrected chi connectivity index (χ1v) is 12.8. The molecule has 0 amide bonds. The van der Waals surface area contributed by atoms with Crippen molar-refractivity contribution < 1.29 is 9.47 Å². The van der Waals surface area contributed by atoms with Gasteiger partial charge in [0.15, 0.2) is 11.5 Å². The molecule has 0 unspecified atom stereocenters. The van der Waals surface area contributed by atoms with Crippen LogP contribution in [-0.2, 0) is 13.2 Å². The second-order valence-electron chi connectivity index (χ2n) is 9.93. The Labute approximate surface area is 205 Å². The van der Waals surface area contributed by atoms with Gasteiger partial charge in [0.25, 0.3) is 0 Å². The van der Waals surface area contributed by atoms with Gasteiger partial charge in [-0.15, -0.1) is 0 Å². The second kappa shape index (κ2) is 9.25. The predicted molar refractivity (Wildman–Crippen MR) is 131 cm³/mol. The normalized spacial score (nSPS) is 28.2. The Bertz CT molecular complexity index is 958. The highest BCUT2D eigenvalue weighted by Crippen LogP contribution is 2.55. The molecule has 0 aromatic heterocycles. The largest absolute Gasteiger partial charge is 0.490 e. The van der Waals surface area contributed by atoms with Crippen LogP contribution in [0.5, 0.6) is 11.5 Å². The molecular weight excluding hydrogens is 465 g/mol. The van der Waals surface area contributed by atoms with Crippen molar-refractivity contribution in [1.82, 2.24) is 5.32 Å². The number of halogens is 3. The van der Waals surface area contributed by atoms with Crippen LogP contribution in [0.2, 0.25) is 15.1 Å². The van der Waals surface area contributed by atoms with E-state index in [9.17, 15) is 0 Å². The molecular formula is C26H30Cl3NO2. The lowest BCUT2D eigenvalue weighted by atomic mass is 9.53. The molecule has 172 valence electrons. The van der Waals surface area contributed by atoms with E-state index in [1.807, 2.05) is 25.1 Å². The summed E-state index contributed by atoms with van der Waals surface area (Å²) in [4.78, 5) is 0. The third kappa shape index (κ3) is 4.73. The summed E-state index contributed by atoms with van der Waals surface area (Å²) in [5.74, 6) is 4.02. The molecule has 4 bridgehead atoms. The third-order valence-electron chi connectivity index (χ3n) is 7.44. The average Bonchev–Trinajstić information content (AvgIpc) is 2.73. The Morgan fingerprint density at radius 1 is 0.844 bits per heavy atom. The summed E-state index contributed by atoms with van der Waals surface area (Å²) in [5, 5.41) is 5.55. The van der Waals surface area contributed by atoms with Crippen LogP contribution in [0.25, 0.3) is 0 Å². The molecule has 2 aromatic rings. The van der Waals surface area contributed by atoms with Crippen LogP contribution in [0.4, 0.5) is 0 Å². The number of ether oxygens (including phenoxy) is 2. The molecule has 2 aromatic carbocycles. The minimum absolute atomic E-state index is 0.316. The summed E-state index contributed by atoms with van der Waals surface area (Å²) in [5.41, 5.74) is 2.37. The molecule has 1 N–H and O–H groups in total. The number of hydrogen-bond donors (Lipinski definition) is 1. The molecule has 0 saturated heterocycles. The highest BCUT2D eigenvalue weighted by molar-refractivity contribution is 6.42. The maximum atomic E-state index is 6.67. The Kier molecular flexibility index (Phi) is 6.55. The fraction of sp³-hybridized carbons (Fsp3) is 0.538. The Morgan fingerprint density at radius 3 is 2.12 bits per heavy atom. The van der Waals surface area contributed by atoms with Crippen molar-refractivity contribution in [3.8, 4) is 11.5 Å². The molecule has 0 heterocycles. The van der Waals surface area contributed by atoms with E-state index in [-0.39, 0.29) is 0 Å². The fourth-order valence-corrected chi connectivity index (χ4v) is 7.14. The van der Waals surface area contributed by atoms with Gasteiger partial charge in [0.05, 0.1) is 21.7 Å². The molecule has 0 aliphatic heterocycles. The van der Waals surface area contributed by atoms with Gasteiger partial charge in [-0.2, -0.15) is 0 Å². The summed E-state index contributed by atoms with van der Waals surface area (Å²) in [6, 6.07) is 9.54. The summed E-state index contributed by atoms with van der Waals surface area (Å²) < 4.78 is 12.0. The summed E-state index contributed by atoms with van der Waals surface area (Å²) in [6.07, 6.45) is 8.34. The van der Waals surface area contributed by atoms with Gasteiger partial charge in [-0.1, -0.05) is 40.9 Å².